The molecule has 0 amide bonds. The maximum atomic E-state index is 12.5. The lowest BCUT2D eigenvalue weighted by atomic mass is 10.1. The molecule has 2 heterocycles. The van der Waals surface area contributed by atoms with Gasteiger partial charge in [0.1, 0.15) is 11.9 Å². The molecule has 0 spiro atoms. The maximum Gasteiger partial charge on any atom is 0.282 e. The van der Waals surface area contributed by atoms with E-state index in [1.54, 1.807) is 6.07 Å². The van der Waals surface area contributed by atoms with Crippen LogP contribution in [-0.4, -0.2) is 29.0 Å². The van der Waals surface area contributed by atoms with Gasteiger partial charge in [0, 0.05) is 6.20 Å². The van der Waals surface area contributed by atoms with Gasteiger partial charge in [0.15, 0.2) is 0 Å². The number of hydrogen-bond acceptors (Lipinski definition) is 4. The third kappa shape index (κ3) is 1.48. The first-order valence-corrected chi connectivity index (χ1v) is 3.97. The van der Waals surface area contributed by atoms with Crippen LogP contribution >= 0.6 is 0 Å². The van der Waals surface area contributed by atoms with E-state index in [0.29, 0.717) is 5.82 Å². The predicted molar refractivity (Wildman–Crippen MR) is 43.9 cm³/mol. The lowest BCUT2D eigenvalue weighted by Crippen LogP contribution is -2.56. The van der Waals surface area contributed by atoms with Crippen LogP contribution in [0.25, 0.3) is 0 Å². The summed E-state index contributed by atoms with van der Waals surface area (Å²) in [5.74, 6) is -2.25. The van der Waals surface area contributed by atoms with Gasteiger partial charge in [-0.25, -0.2) is 18.7 Å². The summed E-state index contributed by atoms with van der Waals surface area (Å²) in [6.07, 6.45) is 1.39. The number of halogens is 2. The Bertz CT molecular complexity index is 391. The molecule has 0 aliphatic carbocycles. The third-order valence-electron chi connectivity index (χ3n) is 1.91. The Labute approximate surface area is 78.8 Å². The van der Waals surface area contributed by atoms with Crippen molar-refractivity contribution in [3.05, 3.63) is 18.1 Å². The van der Waals surface area contributed by atoms with Crippen molar-refractivity contribution in [3.8, 4) is 6.07 Å². The second kappa shape index (κ2) is 2.87. The van der Waals surface area contributed by atoms with E-state index in [4.69, 9.17) is 5.26 Å². The van der Waals surface area contributed by atoms with Gasteiger partial charge >= 0.3 is 0 Å². The fourth-order valence-electron chi connectivity index (χ4n) is 1.25. The third-order valence-corrected chi connectivity index (χ3v) is 1.91. The standard InChI is InChI=1S/C8H6F2N4/c9-8(10)4-14(5-8)7-1-2-12-6(3-11)13-7/h1-2H,4-5H2. The summed E-state index contributed by atoms with van der Waals surface area (Å²) in [6.45, 7) is -0.677. The largest absolute Gasteiger partial charge is 0.344 e. The summed E-state index contributed by atoms with van der Waals surface area (Å²) in [7, 11) is 0. The molecule has 6 heteroatoms. The lowest BCUT2D eigenvalue weighted by Gasteiger charge is -2.39. The molecule has 0 unspecified atom stereocenters. The van der Waals surface area contributed by atoms with Crippen LogP contribution in [0.2, 0.25) is 0 Å². The van der Waals surface area contributed by atoms with Crippen LogP contribution in [0.1, 0.15) is 5.82 Å². The summed E-state index contributed by atoms with van der Waals surface area (Å²) in [6, 6.07) is 3.26. The lowest BCUT2D eigenvalue weighted by molar-refractivity contribution is -0.0267. The molecule has 1 aliphatic rings. The summed E-state index contributed by atoms with van der Waals surface area (Å²) < 4.78 is 25.0. The van der Waals surface area contributed by atoms with Crippen LogP contribution in [0.3, 0.4) is 0 Å². The molecule has 1 fully saturated rings. The van der Waals surface area contributed by atoms with Gasteiger partial charge in [-0.15, -0.1) is 0 Å². The minimum atomic E-state index is -2.63. The molecule has 1 aliphatic heterocycles. The zero-order chi connectivity index (χ0) is 10.2. The molecule has 72 valence electrons. The minimum absolute atomic E-state index is 0.00211. The van der Waals surface area contributed by atoms with E-state index in [0.717, 1.165) is 0 Å². The van der Waals surface area contributed by atoms with E-state index in [1.165, 1.54) is 17.2 Å². The van der Waals surface area contributed by atoms with E-state index in [1.807, 2.05) is 0 Å². The molecule has 0 radical (unpaired) electrons. The highest BCUT2D eigenvalue weighted by Gasteiger charge is 2.44. The van der Waals surface area contributed by atoms with Crippen molar-refractivity contribution >= 4 is 5.82 Å². The van der Waals surface area contributed by atoms with Crippen molar-refractivity contribution in [2.24, 2.45) is 0 Å². The van der Waals surface area contributed by atoms with Gasteiger partial charge in [0.2, 0.25) is 5.82 Å². The molecular weight excluding hydrogens is 190 g/mol. The molecular formula is C8H6F2N4. The van der Waals surface area contributed by atoms with Crippen LogP contribution in [0.5, 0.6) is 0 Å². The monoisotopic (exact) mass is 196 g/mol. The molecule has 0 aromatic carbocycles. The second-order valence-electron chi connectivity index (χ2n) is 3.06. The number of anilines is 1. The van der Waals surface area contributed by atoms with Gasteiger partial charge in [0.25, 0.3) is 5.92 Å². The molecule has 1 aromatic rings. The van der Waals surface area contributed by atoms with Crippen LogP contribution < -0.4 is 4.90 Å². The van der Waals surface area contributed by atoms with Crippen molar-refractivity contribution in [2.75, 3.05) is 18.0 Å². The summed E-state index contributed by atoms with van der Waals surface area (Å²) in [5.41, 5.74) is 0. The highest BCUT2D eigenvalue weighted by atomic mass is 19.3. The maximum absolute atomic E-state index is 12.5. The minimum Gasteiger partial charge on any atom is -0.344 e. The van der Waals surface area contributed by atoms with Crippen LogP contribution in [0.4, 0.5) is 14.6 Å². The number of aromatic nitrogens is 2. The fraction of sp³-hybridized carbons (Fsp3) is 0.375. The van der Waals surface area contributed by atoms with E-state index < -0.39 is 5.92 Å². The van der Waals surface area contributed by atoms with Crippen LogP contribution in [0, 0.1) is 11.3 Å². The number of alkyl halides is 2. The summed E-state index contributed by atoms with van der Waals surface area (Å²) in [5, 5.41) is 8.50. The molecule has 14 heavy (non-hydrogen) atoms. The van der Waals surface area contributed by atoms with Gasteiger partial charge in [-0.3, -0.25) is 0 Å². The van der Waals surface area contributed by atoms with E-state index in [2.05, 4.69) is 9.97 Å². The molecule has 0 atom stereocenters. The van der Waals surface area contributed by atoms with Gasteiger partial charge in [-0.2, -0.15) is 5.26 Å². The van der Waals surface area contributed by atoms with Gasteiger partial charge in [-0.1, -0.05) is 0 Å². The van der Waals surface area contributed by atoms with Crippen molar-refractivity contribution in [1.82, 2.24) is 9.97 Å². The van der Waals surface area contributed by atoms with Crippen molar-refractivity contribution < 1.29 is 8.78 Å². The van der Waals surface area contributed by atoms with Crippen LogP contribution in [-0.2, 0) is 0 Å². The van der Waals surface area contributed by atoms with Crippen molar-refractivity contribution in [1.29, 1.82) is 5.26 Å². The molecule has 4 nitrogen and oxygen atoms in total. The van der Waals surface area contributed by atoms with Crippen LogP contribution in [0.15, 0.2) is 12.3 Å². The average molecular weight is 196 g/mol. The molecule has 0 bridgehead atoms. The SMILES string of the molecule is N#Cc1nccc(N2CC(F)(F)C2)n1. The fourth-order valence-corrected chi connectivity index (χ4v) is 1.25. The normalized spacial score (nSPS) is 18.5. The first-order valence-electron chi connectivity index (χ1n) is 3.97. The summed E-state index contributed by atoms with van der Waals surface area (Å²) >= 11 is 0. The van der Waals surface area contributed by atoms with E-state index in [-0.39, 0.29) is 18.9 Å². The molecule has 1 saturated heterocycles. The zero-order valence-corrected chi connectivity index (χ0v) is 7.11. The number of rotatable bonds is 1. The van der Waals surface area contributed by atoms with E-state index >= 15 is 0 Å². The van der Waals surface area contributed by atoms with Crippen molar-refractivity contribution in [3.63, 3.8) is 0 Å². The zero-order valence-electron chi connectivity index (χ0n) is 7.11. The highest BCUT2D eigenvalue weighted by molar-refractivity contribution is 5.43. The number of hydrogen-bond donors (Lipinski definition) is 0. The quantitative estimate of drug-likeness (QED) is 0.666. The molecule has 1 aromatic heterocycles. The van der Waals surface area contributed by atoms with Gasteiger partial charge in [-0.05, 0) is 6.07 Å². The highest BCUT2D eigenvalue weighted by Crippen LogP contribution is 2.30. The molecule has 2 rings (SSSR count). The summed E-state index contributed by atoms with van der Waals surface area (Å²) in [4.78, 5) is 8.85. The van der Waals surface area contributed by atoms with Gasteiger partial charge in [0.05, 0.1) is 13.1 Å². The Kier molecular flexibility index (Phi) is 1.81. The van der Waals surface area contributed by atoms with Crippen molar-refractivity contribution in [2.45, 2.75) is 5.92 Å². The molecule has 0 saturated carbocycles. The first-order chi connectivity index (χ1) is 6.61. The number of nitrogens with zero attached hydrogens (tertiary/aromatic N) is 4. The Hall–Kier alpha value is -1.77. The van der Waals surface area contributed by atoms with E-state index in [9.17, 15) is 8.78 Å². The Morgan fingerprint density at radius 3 is 2.79 bits per heavy atom. The Morgan fingerprint density at radius 2 is 2.21 bits per heavy atom. The van der Waals surface area contributed by atoms with Gasteiger partial charge < -0.3 is 4.90 Å². The second-order valence-corrected chi connectivity index (χ2v) is 3.06. The Balaban J connectivity index is 2.16. The smallest absolute Gasteiger partial charge is 0.282 e. The average Bonchev–Trinajstić information content (AvgIpc) is 2.14. The predicted octanol–water partition coefficient (Wildman–Crippen LogP) is 0.804. The number of nitriles is 1. The topological polar surface area (TPSA) is 52.8 Å². The molecule has 0 N–H and O–H groups in total. The first kappa shape index (κ1) is 8.81. The Morgan fingerprint density at radius 1 is 1.50 bits per heavy atom.